The van der Waals surface area contributed by atoms with Gasteiger partial charge in [-0.3, -0.25) is 9.55 Å². The zero-order chi connectivity index (χ0) is 26.2. The molecule has 0 atom stereocenters. The first-order valence-electron chi connectivity index (χ1n) is 13.2. The first kappa shape index (κ1) is 21.7. The maximum Gasteiger partial charge on any atom is 0.188 e. The molecule has 0 radical (unpaired) electrons. The lowest BCUT2D eigenvalue weighted by molar-refractivity contribution is 0.965. The molecule has 4 aromatic heterocycles. The third-order valence-corrected chi connectivity index (χ3v) is 8.92. The van der Waals surface area contributed by atoms with Crippen molar-refractivity contribution in [1.82, 2.24) is 24.7 Å². The molecule has 9 aromatic rings. The van der Waals surface area contributed by atoms with Crippen molar-refractivity contribution in [1.29, 1.82) is 0 Å². The van der Waals surface area contributed by atoms with Crippen LogP contribution in [0.4, 0.5) is 0 Å². The van der Waals surface area contributed by atoms with Gasteiger partial charge in [0.2, 0.25) is 0 Å². The van der Waals surface area contributed by atoms with E-state index in [4.69, 9.17) is 20.2 Å². The molecule has 0 spiro atoms. The van der Waals surface area contributed by atoms with Crippen molar-refractivity contribution in [2.24, 2.45) is 0 Å². The summed E-state index contributed by atoms with van der Waals surface area (Å²) in [6, 6.07) is 36.3. The lowest BCUT2D eigenvalue weighted by Crippen LogP contribution is -2.04. The fourth-order valence-electron chi connectivity index (χ4n) is 6.05. The van der Waals surface area contributed by atoms with E-state index >= 15 is 0 Å². The SMILES string of the molecule is c1ccc2cc3c(cc2c1)c1ccccc1n3-c1nnc(-c2cccc3sc4ccccc4c23)c2nccnc12. The van der Waals surface area contributed by atoms with Gasteiger partial charge in [-0.1, -0.05) is 72.8 Å². The summed E-state index contributed by atoms with van der Waals surface area (Å²) in [5.41, 5.74) is 5.36. The number of hydrogen-bond donors (Lipinski definition) is 0. The summed E-state index contributed by atoms with van der Waals surface area (Å²) in [6.07, 6.45) is 3.48. The van der Waals surface area contributed by atoms with Crippen molar-refractivity contribution in [2.45, 2.75) is 0 Å². The summed E-state index contributed by atoms with van der Waals surface area (Å²) in [5, 5.41) is 16.9. The zero-order valence-electron chi connectivity index (χ0n) is 21.1. The van der Waals surface area contributed by atoms with Crippen LogP contribution in [0.3, 0.4) is 0 Å². The molecule has 4 heterocycles. The second kappa shape index (κ2) is 8.15. The average molecular weight is 530 g/mol. The minimum Gasteiger partial charge on any atom is -0.290 e. The van der Waals surface area contributed by atoms with Crippen LogP contribution in [0.5, 0.6) is 0 Å². The van der Waals surface area contributed by atoms with Gasteiger partial charge in [0, 0.05) is 48.9 Å². The van der Waals surface area contributed by atoms with Crippen LogP contribution in [0.2, 0.25) is 0 Å². The standard InChI is InChI=1S/C34H19N5S/c1-2-9-21-19-27-25(18-20(21)8-1)22-10-3-5-13-26(22)39(27)34-33-32(35-16-17-36-33)31(37-38-34)24-12-7-15-29-30(24)23-11-4-6-14-28(23)40-29/h1-19H. The molecule has 0 aliphatic carbocycles. The third-order valence-electron chi connectivity index (χ3n) is 7.79. The molecule has 186 valence electrons. The number of nitrogens with zero attached hydrogens (tertiary/aromatic N) is 5. The quantitative estimate of drug-likeness (QED) is 0.225. The molecule has 0 unspecified atom stereocenters. The number of fused-ring (bicyclic) bond motifs is 8. The van der Waals surface area contributed by atoms with Gasteiger partial charge in [0.15, 0.2) is 5.82 Å². The average Bonchev–Trinajstić information content (AvgIpc) is 3.55. The van der Waals surface area contributed by atoms with Crippen molar-refractivity contribution in [3.63, 3.8) is 0 Å². The van der Waals surface area contributed by atoms with Gasteiger partial charge in [0.25, 0.3) is 0 Å². The van der Waals surface area contributed by atoms with Gasteiger partial charge in [-0.2, -0.15) is 0 Å². The van der Waals surface area contributed by atoms with Crippen LogP contribution in [0.1, 0.15) is 0 Å². The second-order valence-electron chi connectivity index (χ2n) is 9.97. The molecule has 9 rings (SSSR count). The minimum absolute atomic E-state index is 0.677. The molecule has 5 nitrogen and oxygen atoms in total. The smallest absolute Gasteiger partial charge is 0.188 e. The highest BCUT2D eigenvalue weighted by atomic mass is 32.1. The van der Waals surface area contributed by atoms with Crippen LogP contribution in [0.25, 0.3) is 80.9 Å². The highest BCUT2D eigenvalue weighted by Crippen LogP contribution is 2.41. The fraction of sp³-hybridized carbons (Fsp3) is 0. The summed E-state index contributed by atoms with van der Waals surface area (Å²) in [7, 11) is 0. The van der Waals surface area contributed by atoms with Crippen LogP contribution >= 0.6 is 11.3 Å². The zero-order valence-corrected chi connectivity index (χ0v) is 21.9. The van der Waals surface area contributed by atoms with Crippen LogP contribution < -0.4 is 0 Å². The van der Waals surface area contributed by atoms with Gasteiger partial charge in [-0.05, 0) is 41.1 Å². The maximum absolute atomic E-state index is 4.89. The van der Waals surface area contributed by atoms with E-state index in [9.17, 15) is 0 Å². The molecule has 0 bridgehead atoms. The maximum atomic E-state index is 4.89. The Morgan fingerprint density at radius 2 is 1.27 bits per heavy atom. The van der Waals surface area contributed by atoms with Crippen LogP contribution in [-0.4, -0.2) is 24.7 Å². The van der Waals surface area contributed by atoms with Crippen molar-refractivity contribution < 1.29 is 0 Å². The summed E-state index contributed by atoms with van der Waals surface area (Å²) in [6.45, 7) is 0. The number of aromatic nitrogens is 5. The Morgan fingerprint density at radius 1 is 0.550 bits per heavy atom. The van der Waals surface area contributed by atoms with Gasteiger partial charge in [0.05, 0.1) is 11.0 Å². The van der Waals surface area contributed by atoms with Crippen molar-refractivity contribution >= 4 is 75.1 Å². The highest BCUT2D eigenvalue weighted by molar-refractivity contribution is 7.25. The largest absolute Gasteiger partial charge is 0.290 e. The monoisotopic (exact) mass is 529 g/mol. The van der Waals surface area contributed by atoms with E-state index in [1.54, 1.807) is 23.7 Å². The number of para-hydroxylation sites is 1. The predicted octanol–water partition coefficient (Wildman–Crippen LogP) is 8.71. The van der Waals surface area contributed by atoms with Gasteiger partial charge in [-0.15, -0.1) is 21.5 Å². The Hall–Kier alpha value is -5.20. The Morgan fingerprint density at radius 3 is 2.17 bits per heavy atom. The Kier molecular flexibility index (Phi) is 4.42. The molecule has 0 N–H and O–H groups in total. The van der Waals surface area contributed by atoms with Crippen molar-refractivity contribution in [2.75, 3.05) is 0 Å². The first-order chi connectivity index (χ1) is 19.8. The van der Waals surface area contributed by atoms with Gasteiger partial charge >= 0.3 is 0 Å². The Labute approximate surface area is 232 Å². The Balaban J connectivity index is 1.39. The lowest BCUT2D eigenvalue weighted by atomic mass is 10.0. The third kappa shape index (κ3) is 2.96. The van der Waals surface area contributed by atoms with E-state index in [0.717, 1.165) is 33.3 Å². The molecule has 0 amide bonds. The summed E-state index contributed by atoms with van der Waals surface area (Å²) < 4.78 is 4.66. The molecular formula is C34H19N5S. The van der Waals surface area contributed by atoms with E-state index in [1.807, 2.05) is 0 Å². The number of hydrogen-bond acceptors (Lipinski definition) is 5. The van der Waals surface area contributed by atoms with Crippen molar-refractivity contribution in [3.05, 3.63) is 116 Å². The summed E-state index contributed by atoms with van der Waals surface area (Å²) in [4.78, 5) is 9.68. The lowest BCUT2D eigenvalue weighted by Gasteiger charge is -2.12. The van der Waals surface area contributed by atoms with Gasteiger partial charge in [-0.25, -0.2) is 4.98 Å². The molecule has 0 saturated heterocycles. The topological polar surface area (TPSA) is 56.5 Å². The highest BCUT2D eigenvalue weighted by Gasteiger charge is 2.21. The van der Waals surface area contributed by atoms with E-state index in [-0.39, 0.29) is 0 Å². The number of benzene rings is 5. The van der Waals surface area contributed by atoms with Crippen LogP contribution in [-0.2, 0) is 0 Å². The Bertz CT molecular complexity index is 2450. The van der Waals surface area contributed by atoms with Gasteiger partial charge < -0.3 is 0 Å². The molecular weight excluding hydrogens is 510 g/mol. The van der Waals surface area contributed by atoms with E-state index in [0.29, 0.717) is 5.82 Å². The predicted molar refractivity (Wildman–Crippen MR) is 165 cm³/mol. The molecule has 0 fully saturated rings. The van der Waals surface area contributed by atoms with E-state index in [2.05, 4.69) is 108 Å². The molecule has 0 saturated carbocycles. The van der Waals surface area contributed by atoms with E-state index < -0.39 is 0 Å². The van der Waals surface area contributed by atoms with E-state index in [1.165, 1.54) is 41.7 Å². The molecule has 0 aliphatic rings. The normalized spacial score (nSPS) is 12.0. The fourth-order valence-corrected chi connectivity index (χ4v) is 7.19. The number of thiophene rings is 1. The van der Waals surface area contributed by atoms with Gasteiger partial charge in [0.1, 0.15) is 16.7 Å². The second-order valence-corrected chi connectivity index (χ2v) is 11.1. The summed E-state index contributed by atoms with van der Waals surface area (Å²) >= 11 is 1.79. The van der Waals surface area contributed by atoms with Crippen LogP contribution in [0, 0.1) is 0 Å². The molecule has 6 heteroatoms. The van der Waals surface area contributed by atoms with Crippen molar-refractivity contribution in [3.8, 4) is 17.1 Å². The van der Waals surface area contributed by atoms with Crippen LogP contribution in [0.15, 0.2) is 116 Å². The number of rotatable bonds is 2. The molecule has 40 heavy (non-hydrogen) atoms. The molecule has 0 aliphatic heterocycles. The minimum atomic E-state index is 0.677. The first-order valence-corrected chi connectivity index (χ1v) is 14.0. The summed E-state index contributed by atoms with van der Waals surface area (Å²) in [5.74, 6) is 0.677. The molecule has 5 aromatic carbocycles.